The molecule has 1 aliphatic carbocycles. The molecule has 0 saturated heterocycles. The highest BCUT2D eigenvalue weighted by atomic mass is 35.5. The summed E-state index contributed by atoms with van der Waals surface area (Å²) >= 11 is 14.1. The van der Waals surface area contributed by atoms with Crippen molar-refractivity contribution < 1.29 is 18.1 Å². The first-order valence-electron chi connectivity index (χ1n) is 9.53. The van der Waals surface area contributed by atoms with Crippen molar-refractivity contribution in [3.05, 3.63) is 67.8 Å². The molecular formula is C20H15Cl2N3O5S3. The van der Waals surface area contributed by atoms with Gasteiger partial charge >= 0.3 is 0 Å². The number of aromatic nitrogens is 1. The lowest BCUT2D eigenvalue weighted by Gasteiger charge is -2.07. The van der Waals surface area contributed by atoms with Crippen molar-refractivity contribution in [2.75, 3.05) is 11.1 Å². The van der Waals surface area contributed by atoms with Gasteiger partial charge in [-0.3, -0.25) is 19.9 Å². The fourth-order valence-electron chi connectivity index (χ4n) is 2.92. The quantitative estimate of drug-likeness (QED) is 0.275. The number of carbonyl (C=O) groups is 1. The second kappa shape index (κ2) is 9.59. The number of pyridine rings is 1. The summed E-state index contributed by atoms with van der Waals surface area (Å²) in [5, 5.41) is 14.6. The van der Waals surface area contributed by atoms with E-state index in [1.807, 2.05) is 0 Å². The maximum Gasteiger partial charge on any atom is 0.294 e. The van der Waals surface area contributed by atoms with Crippen LogP contribution in [0.4, 0.5) is 11.4 Å². The molecule has 4 rings (SSSR count). The lowest BCUT2D eigenvalue weighted by molar-refractivity contribution is -0.387. The molecule has 0 aliphatic heterocycles. The van der Waals surface area contributed by atoms with Crippen LogP contribution in [0.3, 0.4) is 0 Å². The topological polar surface area (TPSA) is 119 Å². The molecule has 0 unspecified atom stereocenters. The Hall–Kier alpha value is -2.18. The lowest BCUT2D eigenvalue weighted by atomic mass is 10.3. The van der Waals surface area contributed by atoms with Crippen LogP contribution in [0.5, 0.6) is 0 Å². The number of thiophene rings is 1. The van der Waals surface area contributed by atoms with Crippen molar-refractivity contribution in [2.24, 2.45) is 5.92 Å². The number of nitrogens with zero attached hydrogens (tertiary/aromatic N) is 2. The molecule has 1 aliphatic rings. The van der Waals surface area contributed by atoms with Crippen molar-refractivity contribution in [2.45, 2.75) is 26.8 Å². The summed E-state index contributed by atoms with van der Waals surface area (Å²) in [5.74, 6) is -0.320. The van der Waals surface area contributed by atoms with Crippen LogP contribution in [0.15, 0.2) is 56.7 Å². The highest BCUT2D eigenvalue weighted by molar-refractivity contribution is 8.01. The number of carbonyl (C=O) groups excluding carboxylic acids is 1. The number of sulfone groups is 1. The number of benzene rings is 1. The Bertz CT molecular complexity index is 1340. The average Bonchev–Trinajstić information content (AvgIpc) is 3.45. The zero-order valence-corrected chi connectivity index (χ0v) is 20.6. The van der Waals surface area contributed by atoms with Gasteiger partial charge in [-0.25, -0.2) is 8.42 Å². The first kappa shape index (κ1) is 24.0. The number of nitrogens with one attached hydrogen (secondary N) is 1. The monoisotopic (exact) mass is 543 g/mol. The van der Waals surface area contributed by atoms with Gasteiger partial charge in [0, 0.05) is 24.1 Å². The van der Waals surface area contributed by atoms with Gasteiger partial charge in [0.15, 0.2) is 9.84 Å². The zero-order valence-electron chi connectivity index (χ0n) is 16.7. The lowest BCUT2D eigenvalue weighted by Crippen LogP contribution is -2.12. The van der Waals surface area contributed by atoms with Crippen LogP contribution < -0.4 is 5.32 Å². The van der Waals surface area contributed by atoms with E-state index in [9.17, 15) is 23.3 Å². The summed E-state index contributed by atoms with van der Waals surface area (Å²) < 4.78 is 25.3. The molecule has 1 aromatic carbocycles. The van der Waals surface area contributed by atoms with Crippen LogP contribution in [0, 0.1) is 16.0 Å². The van der Waals surface area contributed by atoms with Gasteiger partial charge in [0.25, 0.3) is 11.6 Å². The number of amides is 1. The maximum absolute atomic E-state index is 12.8. The first-order chi connectivity index (χ1) is 15.6. The Kier molecular flexibility index (Phi) is 6.96. The second-order valence-corrected chi connectivity index (χ2v) is 12.5. The van der Waals surface area contributed by atoms with Crippen molar-refractivity contribution in [1.82, 2.24) is 4.98 Å². The Morgan fingerprint density at radius 3 is 2.58 bits per heavy atom. The molecule has 172 valence electrons. The minimum absolute atomic E-state index is 0.0803. The van der Waals surface area contributed by atoms with E-state index in [1.165, 1.54) is 30.6 Å². The predicted molar refractivity (Wildman–Crippen MR) is 129 cm³/mol. The van der Waals surface area contributed by atoms with Gasteiger partial charge in [0.2, 0.25) is 0 Å². The summed E-state index contributed by atoms with van der Waals surface area (Å²) in [4.78, 5) is 28.2. The molecule has 33 heavy (non-hydrogen) atoms. The minimum atomic E-state index is -3.45. The van der Waals surface area contributed by atoms with E-state index in [0.717, 1.165) is 35.9 Å². The molecule has 2 aromatic heterocycles. The van der Waals surface area contributed by atoms with Crippen LogP contribution in [0.2, 0.25) is 10.0 Å². The number of nitro groups is 1. The number of rotatable bonds is 8. The summed E-state index contributed by atoms with van der Waals surface area (Å²) in [6.07, 6.45) is 4.55. The maximum atomic E-state index is 12.8. The molecule has 3 aromatic rings. The molecule has 1 N–H and O–H groups in total. The fourth-order valence-corrected chi connectivity index (χ4v) is 7.41. The van der Waals surface area contributed by atoms with Gasteiger partial charge in [-0.15, -0.1) is 11.3 Å². The van der Waals surface area contributed by atoms with Gasteiger partial charge in [-0.1, -0.05) is 41.0 Å². The molecular weight excluding hydrogens is 529 g/mol. The molecule has 0 atom stereocenters. The first-order valence-corrected chi connectivity index (χ1v) is 13.6. The van der Waals surface area contributed by atoms with Crippen LogP contribution in [0.1, 0.15) is 22.5 Å². The van der Waals surface area contributed by atoms with Gasteiger partial charge in [0.05, 0.1) is 30.5 Å². The molecule has 0 bridgehead atoms. The molecule has 0 radical (unpaired) electrons. The summed E-state index contributed by atoms with van der Waals surface area (Å²) in [6.45, 7) is 0. The molecule has 1 fully saturated rings. The number of anilines is 1. The van der Waals surface area contributed by atoms with Crippen LogP contribution in [-0.4, -0.2) is 30.0 Å². The smallest absolute Gasteiger partial charge is 0.294 e. The average molecular weight is 544 g/mol. The molecule has 8 nitrogen and oxygen atoms in total. The number of halogens is 2. The Labute approximate surface area is 207 Å². The van der Waals surface area contributed by atoms with Crippen LogP contribution >= 0.6 is 46.3 Å². The fraction of sp³-hybridized carbons (Fsp3) is 0.200. The van der Waals surface area contributed by atoms with Crippen molar-refractivity contribution in [1.29, 1.82) is 0 Å². The third-order valence-corrected chi connectivity index (χ3v) is 9.84. The number of hydrogen-bond donors (Lipinski definition) is 1. The van der Waals surface area contributed by atoms with E-state index >= 15 is 0 Å². The van der Waals surface area contributed by atoms with E-state index in [0.29, 0.717) is 4.90 Å². The van der Waals surface area contributed by atoms with Gasteiger partial charge in [-0.05, 0) is 37.0 Å². The summed E-state index contributed by atoms with van der Waals surface area (Å²) in [7, 11) is -3.45. The van der Waals surface area contributed by atoms with Gasteiger partial charge in [-0.2, -0.15) is 0 Å². The predicted octanol–water partition coefficient (Wildman–Crippen LogP) is 5.95. The van der Waals surface area contributed by atoms with E-state index < -0.39 is 20.7 Å². The molecule has 1 amide bonds. The molecule has 1 saturated carbocycles. The second-order valence-electron chi connectivity index (χ2n) is 7.28. The third kappa shape index (κ3) is 5.67. The van der Waals surface area contributed by atoms with Crippen molar-refractivity contribution in [3.63, 3.8) is 0 Å². The van der Waals surface area contributed by atoms with E-state index in [1.54, 1.807) is 12.1 Å². The summed E-state index contributed by atoms with van der Waals surface area (Å²) in [6, 6.07) is 7.15. The van der Waals surface area contributed by atoms with E-state index in [-0.39, 0.29) is 47.1 Å². The Morgan fingerprint density at radius 1 is 1.24 bits per heavy atom. The van der Waals surface area contributed by atoms with Gasteiger partial charge in [0.1, 0.15) is 9.09 Å². The molecule has 2 heterocycles. The van der Waals surface area contributed by atoms with Crippen molar-refractivity contribution in [3.8, 4) is 0 Å². The SMILES string of the molecule is O=C(Nc1cccc(S(=O)(=O)CC2CC2)c1)c1cc([N+](=O)[O-])c(Sc2c(Cl)cncc2Cl)s1. The molecule has 13 heteroatoms. The number of hydrogen-bond acceptors (Lipinski definition) is 8. The van der Waals surface area contributed by atoms with Crippen LogP contribution in [0.25, 0.3) is 0 Å². The highest BCUT2D eigenvalue weighted by Gasteiger charge is 2.29. The largest absolute Gasteiger partial charge is 0.321 e. The summed E-state index contributed by atoms with van der Waals surface area (Å²) in [5.41, 5.74) is 0.0159. The Morgan fingerprint density at radius 2 is 1.94 bits per heavy atom. The van der Waals surface area contributed by atoms with E-state index in [4.69, 9.17) is 23.2 Å². The van der Waals surface area contributed by atoms with E-state index in [2.05, 4.69) is 10.3 Å². The zero-order chi connectivity index (χ0) is 23.8. The van der Waals surface area contributed by atoms with Crippen LogP contribution in [-0.2, 0) is 9.84 Å². The van der Waals surface area contributed by atoms with Crippen molar-refractivity contribution >= 4 is 73.4 Å². The highest BCUT2D eigenvalue weighted by Crippen LogP contribution is 2.45. The molecule has 0 spiro atoms. The minimum Gasteiger partial charge on any atom is -0.321 e. The Balaban J connectivity index is 1.57. The normalized spacial score (nSPS) is 13.6. The van der Waals surface area contributed by atoms with Gasteiger partial charge < -0.3 is 5.32 Å². The standard InChI is InChI=1S/C20H15Cl2N3O5S3/c21-14-8-23-9-15(22)18(14)32-20-16(25(27)28)7-17(31-20)19(26)24-12-2-1-3-13(6-12)33(29,30)10-11-4-5-11/h1-3,6-9,11H,4-5,10H2,(H,24,26). The third-order valence-electron chi connectivity index (χ3n) is 4.71.